The predicted octanol–water partition coefficient (Wildman–Crippen LogP) is 4.73. The summed E-state index contributed by atoms with van der Waals surface area (Å²) in [7, 11) is 0. The summed E-state index contributed by atoms with van der Waals surface area (Å²) < 4.78 is 0. The lowest BCUT2D eigenvalue weighted by Crippen LogP contribution is -2.29. The molecule has 0 aliphatic carbocycles. The van der Waals surface area contributed by atoms with Gasteiger partial charge in [0, 0.05) is 39.5 Å². The molecule has 3 heterocycles. The molecule has 2 aliphatic rings. The molecule has 0 unspecified atom stereocenters. The van der Waals surface area contributed by atoms with Gasteiger partial charge in [-0.15, -0.1) is 11.8 Å². The number of rotatable bonds is 6. The Morgan fingerprint density at radius 3 is 2.56 bits per heavy atom. The smallest absolute Gasteiger partial charge is 0.228 e. The van der Waals surface area contributed by atoms with Crippen LogP contribution < -0.4 is 16.0 Å². The Hall–Kier alpha value is -3.16. The number of anilines is 3. The van der Waals surface area contributed by atoms with E-state index >= 15 is 0 Å². The van der Waals surface area contributed by atoms with Crippen LogP contribution in [-0.2, 0) is 11.2 Å². The fourth-order valence-electron chi connectivity index (χ4n) is 3.96. The van der Waals surface area contributed by atoms with Gasteiger partial charge in [-0.3, -0.25) is 4.79 Å². The normalized spacial score (nSPS) is 16.2. The monoisotopic (exact) mass is 443 g/mol. The number of hydrogen-bond acceptors (Lipinski definition) is 6. The first-order valence-electron chi connectivity index (χ1n) is 10.9. The highest BCUT2D eigenvalue weighted by molar-refractivity contribution is 8.00. The van der Waals surface area contributed by atoms with Crippen LogP contribution in [0.2, 0.25) is 0 Å². The molecule has 5 rings (SSSR count). The minimum atomic E-state index is 0.0394. The average molecular weight is 444 g/mol. The summed E-state index contributed by atoms with van der Waals surface area (Å²) in [5, 5.41) is 10.3. The first kappa shape index (κ1) is 20.7. The maximum atomic E-state index is 11.7. The molecule has 32 heavy (non-hydrogen) atoms. The number of hydrogen-bond donors (Lipinski definition) is 3. The van der Waals surface area contributed by atoms with Gasteiger partial charge in [-0.2, -0.15) is 0 Å². The van der Waals surface area contributed by atoms with Crippen molar-refractivity contribution in [3.8, 4) is 0 Å². The molecule has 162 valence electrons. The Balaban J connectivity index is 1.20. The van der Waals surface area contributed by atoms with Gasteiger partial charge in [0.25, 0.3) is 0 Å². The lowest BCUT2D eigenvalue weighted by molar-refractivity contribution is -0.115. The Labute approximate surface area is 192 Å². The van der Waals surface area contributed by atoms with E-state index in [0.717, 1.165) is 41.2 Å². The van der Waals surface area contributed by atoms with Gasteiger partial charge in [-0.25, -0.2) is 9.97 Å². The molecule has 1 saturated heterocycles. The molecule has 3 aromatic rings. The van der Waals surface area contributed by atoms with Gasteiger partial charge >= 0.3 is 0 Å². The summed E-state index contributed by atoms with van der Waals surface area (Å²) in [6, 6.07) is 14.4. The Bertz CT molecular complexity index is 1120. The van der Waals surface area contributed by atoms with Gasteiger partial charge in [0.1, 0.15) is 0 Å². The standard InChI is InChI=1S/C25H25N5OS/c31-24-14-22-18(2-1-3-23(22)30-24)5-4-17-15-27-25(28-16-17)29-19-6-8-20(9-7-19)32-21-10-12-26-13-11-21/h1-9,15-16,21,26H,10-14H2,(H,30,31)(H,27,28,29)/b5-4+. The van der Waals surface area contributed by atoms with Crippen LogP contribution >= 0.6 is 11.8 Å². The minimum absolute atomic E-state index is 0.0394. The predicted molar refractivity (Wildman–Crippen MR) is 131 cm³/mol. The van der Waals surface area contributed by atoms with E-state index in [1.807, 2.05) is 42.1 Å². The molecule has 0 spiro atoms. The minimum Gasteiger partial charge on any atom is -0.326 e. The van der Waals surface area contributed by atoms with Gasteiger partial charge in [0.05, 0.1) is 6.42 Å². The van der Waals surface area contributed by atoms with E-state index in [-0.39, 0.29) is 5.91 Å². The van der Waals surface area contributed by atoms with E-state index in [0.29, 0.717) is 17.6 Å². The van der Waals surface area contributed by atoms with Crippen LogP contribution in [0.15, 0.2) is 59.8 Å². The summed E-state index contributed by atoms with van der Waals surface area (Å²) in [4.78, 5) is 21.8. The van der Waals surface area contributed by atoms with Gasteiger partial charge in [0.15, 0.2) is 0 Å². The number of nitrogens with zero attached hydrogens (tertiary/aromatic N) is 2. The second-order valence-corrected chi connectivity index (χ2v) is 9.36. The molecular weight excluding hydrogens is 418 g/mol. The van der Waals surface area contributed by atoms with Crippen molar-refractivity contribution in [2.75, 3.05) is 23.7 Å². The van der Waals surface area contributed by atoms with E-state index in [9.17, 15) is 4.79 Å². The number of carbonyl (C=O) groups is 1. The molecule has 1 amide bonds. The highest BCUT2D eigenvalue weighted by Gasteiger charge is 2.19. The zero-order chi connectivity index (χ0) is 21.8. The Morgan fingerprint density at radius 2 is 1.78 bits per heavy atom. The fraction of sp³-hybridized carbons (Fsp3) is 0.240. The van der Waals surface area contributed by atoms with Crippen LogP contribution in [0.3, 0.4) is 0 Å². The molecule has 0 saturated carbocycles. The molecule has 0 radical (unpaired) electrons. The third kappa shape index (κ3) is 5.00. The van der Waals surface area contributed by atoms with Crippen LogP contribution in [0.1, 0.15) is 29.5 Å². The third-order valence-electron chi connectivity index (χ3n) is 5.65. The number of piperidine rings is 1. The number of aromatic nitrogens is 2. The quantitative estimate of drug-likeness (QED) is 0.511. The molecule has 0 atom stereocenters. The molecule has 3 N–H and O–H groups in total. The summed E-state index contributed by atoms with van der Waals surface area (Å²) in [6.45, 7) is 2.23. The van der Waals surface area contributed by atoms with Crippen LogP contribution in [-0.4, -0.2) is 34.2 Å². The van der Waals surface area contributed by atoms with Crippen molar-refractivity contribution in [3.05, 3.63) is 71.5 Å². The zero-order valence-corrected chi connectivity index (χ0v) is 18.5. The SMILES string of the molecule is O=C1Cc2c(/C=C/c3cnc(Nc4ccc(SC5CCNCC5)cc4)nc3)cccc2N1. The Morgan fingerprint density at radius 1 is 1.00 bits per heavy atom. The van der Waals surface area contributed by atoms with Crippen molar-refractivity contribution in [2.45, 2.75) is 29.4 Å². The van der Waals surface area contributed by atoms with E-state index in [4.69, 9.17) is 0 Å². The molecule has 2 aliphatic heterocycles. The van der Waals surface area contributed by atoms with Crippen LogP contribution in [0.25, 0.3) is 12.2 Å². The largest absolute Gasteiger partial charge is 0.326 e. The van der Waals surface area contributed by atoms with Crippen molar-refractivity contribution < 1.29 is 4.79 Å². The maximum absolute atomic E-state index is 11.7. The van der Waals surface area contributed by atoms with Crippen LogP contribution in [0.5, 0.6) is 0 Å². The lowest BCUT2D eigenvalue weighted by Gasteiger charge is -2.22. The summed E-state index contributed by atoms with van der Waals surface area (Å²) in [5.41, 5.74) is 4.84. The topological polar surface area (TPSA) is 78.9 Å². The number of fused-ring (bicyclic) bond motifs is 1. The first-order chi connectivity index (χ1) is 15.7. The fourth-order valence-corrected chi connectivity index (χ4v) is 5.11. The van der Waals surface area contributed by atoms with Crippen molar-refractivity contribution >= 4 is 47.1 Å². The van der Waals surface area contributed by atoms with Crippen molar-refractivity contribution in [3.63, 3.8) is 0 Å². The van der Waals surface area contributed by atoms with Crippen molar-refractivity contribution in [1.82, 2.24) is 15.3 Å². The second-order valence-electron chi connectivity index (χ2n) is 7.99. The average Bonchev–Trinajstić information content (AvgIpc) is 3.21. The van der Waals surface area contributed by atoms with Crippen LogP contribution in [0.4, 0.5) is 17.3 Å². The van der Waals surface area contributed by atoms with Crippen LogP contribution in [0, 0.1) is 0 Å². The third-order valence-corrected chi connectivity index (χ3v) is 7.00. The number of amides is 1. The molecule has 1 fully saturated rings. The number of nitrogens with one attached hydrogen (secondary N) is 3. The Kier molecular flexibility index (Phi) is 6.18. The highest BCUT2D eigenvalue weighted by Crippen LogP contribution is 2.30. The number of benzene rings is 2. The lowest BCUT2D eigenvalue weighted by atomic mass is 10.0. The summed E-state index contributed by atoms with van der Waals surface area (Å²) >= 11 is 1.96. The maximum Gasteiger partial charge on any atom is 0.228 e. The molecule has 1 aromatic heterocycles. The number of carbonyl (C=O) groups excluding carboxylic acids is 1. The molecule has 0 bridgehead atoms. The summed E-state index contributed by atoms with van der Waals surface area (Å²) in [6.07, 6.45) is 10.4. The number of thioether (sulfide) groups is 1. The van der Waals surface area contributed by atoms with E-state index < -0.39 is 0 Å². The first-order valence-corrected chi connectivity index (χ1v) is 11.8. The highest BCUT2D eigenvalue weighted by atomic mass is 32.2. The van der Waals surface area contributed by atoms with Gasteiger partial charge in [0.2, 0.25) is 11.9 Å². The molecule has 2 aromatic carbocycles. The van der Waals surface area contributed by atoms with Crippen molar-refractivity contribution in [2.24, 2.45) is 0 Å². The molecule has 7 heteroatoms. The van der Waals surface area contributed by atoms with Crippen molar-refractivity contribution in [1.29, 1.82) is 0 Å². The molecule has 6 nitrogen and oxygen atoms in total. The van der Waals surface area contributed by atoms with E-state index in [1.54, 1.807) is 12.4 Å². The van der Waals surface area contributed by atoms with E-state index in [1.165, 1.54) is 17.7 Å². The zero-order valence-electron chi connectivity index (χ0n) is 17.7. The van der Waals surface area contributed by atoms with Gasteiger partial charge in [-0.05, 0) is 67.4 Å². The van der Waals surface area contributed by atoms with E-state index in [2.05, 4.69) is 50.2 Å². The van der Waals surface area contributed by atoms with Gasteiger partial charge < -0.3 is 16.0 Å². The molecular formula is C25H25N5OS. The second kappa shape index (κ2) is 9.54. The summed E-state index contributed by atoms with van der Waals surface area (Å²) in [5.74, 6) is 0.605. The van der Waals surface area contributed by atoms with Gasteiger partial charge in [-0.1, -0.05) is 24.3 Å².